The summed E-state index contributed by atoms with van der Waals surface area (Å²) in [5, 5.41) is 0. The van der Waals surface area contributed by atoms with E-state index in [1.165, 1.54) is 0 Å². The lowest BCUT2D eigenvalue weighted by Gasteiger charge is -2.23. The smallest absolute Gasteiger partial charge is 0.183 e. The topological polar surface area (TPSA) is 9.23 Å². The van der Waals surface area contributed by atoms with Gasteiger partial charge in [0.05, 0.1) is 0 Å². The fourth-order valence-electron chi connectivity index (χ4n) is 0.388. The Bertz CT molecular complexity index is 87.2. The highest BCUT2D eigenvalue weighted by Gasteiger charge is 2.19. The van der Waals surface area contributed by atoms with Crippen molar-refractivity contribution in [3.8, 4) is 0 Å². The first-order valence-corrected chi connectivity index (χ1v) is 7.74. The lowest BCUT2D eigenvalue weighted by atomic mass is 10.2. The molecule has 0 saturated heterocycles. The van der Waals surface area contributed by atoms with E-state index in [1.807, 2.05) is 0 Å². The van der Waals surface area contributed by atoms with Crippen LogP contribution in [0.1, 0.15) is 13.8 Å². The monoisotopic (exact) mass is 224 g/mol. The molecule has 62 valence electrons. The molecule has 0 unspecified atom stereocenters. The number of hydrogen-bond acceptors (Lipinski definition) is 1. The number of hydrogen-bond donors (Lipinski definition) is 0. The molecule has 0 N–H and O–H groups in total. The van der Waals surface area contributed by atoms with Gasteiger partial charge in [0.1, 0.15) is 0 Å². The third-order valence-electron chi connectivity index (χ3n) is 0.848. The molecule has 0 aliphatic rings. The maximum Gasteiger partial charge on any atom is 0.183 e. The SMILES string of the molecule is CC(C)(Br)CO[Si](C)(C)C. The van der Waals surface area contributed by atoms with Crippen LogP contribution in [-0.2, 0) is 4.43 Å². The second-order valence-corrected chi connectivity index (χ2v) is 10.8. The molecule has 0 bridgehead atoms. The molecule has 0 radical (unpaired) electrons. The highest BCUT2D eigenvalue weighted by Crippen LogP contribution is 2.18. The summed E-state index contributed by atoms with van der Waals surface area (Å²) < 4.78 is 5.82. The van der Waals surface area contributed by atoms with Crippen molar-refractivity contribution in [3.63, 3.8) is 0 Å². The third-order valence-corrected chi connectivity index (χ3v) is 2.09. The first-order valence-electron chi connectivity index (χ1n) is 3.54. The van der Waals surface area contributed by atoms with E-state index in [4.69, 9.17) is 4.43 Å². The van der Waals surface area contributed by atoms with Crippen LogP contribution in [0, 0.1) is 0 Å². The van der Waals surface area contributed by atoms with Crippen molar-refractivity contribution >= 4 is 24.2 Å². The second-order valence-electron chi connectivity index (χ2n) is 4.12. The highest BCUT2D eigenvalue weighted by atomic mass is 79.9. The fourth-order valence-corrected chi connectivity index (χ4v) is 1.51. The van der Waals surface area contributed by atoms with Crippen LogP contribution in [0.2, 0.25) is 19.6 Å². The number of rotatable bonds is 3. The van der Waals surface area contributed by atoms with Gasteiger partial charge in [-0.15, -0.1) is 0 Å². The first-order chi connectivity index (χ1) is 4.21. The van der Waals surface area contributed by atoms with Gasteiger partial charge in [-0.3, -0.25) is 0 Å². The molecule has 0 atom stereocenters. The standard InChI is InChI=1S/C7H17BrOSi/c1-7(2,8)6-9-10(3,4)5/h6H2,1-5H3. The maximum atomic E-state index is 5.69. The Morgan fingerprint density at radius 3 is 1.80 bits per heavy atom. The number of halogens is 1. The first kappa shape index (κ1) is 10.7. The van der Waals surface area contributed by atoms with Crippen molar-refractivity contribution in [2.24, 2.45) is 0 Å². The van der Waals surface area contributed by atoms with E-state index < -0.39 is 8.32 Å². The second kappa shape index (κ2) is 3.37. The third kappa shape index (κ3) is 8.66. The summed E-state index contributed by atoms with van der Waals surface area (Å²) >= 11 is 3.53. The normalized spacial score (nSPS) is 13.8. The average Bonchev–Trinajstić information content (AvgIpc) is 1.57. The molecule has 0 amide bonds. The predicted molar refractivity (Wildman–Crippen MR) is 52.3 cm³/mol. The zero-order valence-electron chi connectivity index (χ0n) is 7.49. The van der Waals surface area contributed by atoms with Crippen LogP contribution in [0.15, 0.2) is 0 Å². The van der Waals surface area contributed by atoms with Crippen molar-refractivity contribution < 1.29 is 4.43 Å². The molecule has 0 heterocycles. The molecule has 0 aromatic rings. The van der Waals surface area contributed by atoms with E-state index >= 15 is 0 Å². The van der Waals surface area contributed by atoms with Crippen LogP contribution in [0.5, 0.6) is 0 Å². The zero-order chi connectivity index (χ0) is 8.41. The van der Waals surface area contributed by atoms with Crippen molar-refractivity contribution in [1.82, 2.24) is 0 Å². The molecule has 10 heavy (non-hydrogen) atoms. The largest absolute Gasteiger partial charge is 0.416 e. The van der Waals surface area contributed by atoms with Gasteiger partial charge < -0.3 is 4.43 Å². The van der Waals surface area contributed by atoms with Gasteiger partial charge >= 0.3 is 0 Å². The Balaban J connectivity index is 3.56. The zero-order valence-corrected chi connectivity index (χ0v) is 10.1. The van der Waals surface area contributed by atoms with Crippen molar-refractivity contribution in [2.45, 2.75) is 37.8 Å². The molecule has 0 spiro atoms. The van der Waals surface area contributed by atoms with E-state index in [9.17, 15) is 0 Å². The molecular formula is C7H17BrOSi. The summed E-state index contributed by atoms with van der Waals surface area (Å²) in [6, 6.07) is 0. The molecule has 0 saturated carbocycles. The summed E-state index contributed by atoms with van der Waals surface area (Å²) in [6.45, 7) is 11.6. The summed E-state index contributed by atoms with van der Waals surface area (Å²) in [4.78, 5) is 0. The van der Waals surface area contributed by atoms with E-state index in [-0.39, 0.29) is 4.32 Å². The summed E-state index contributed by atoms with van der Waals surface area (Å²) in [6.07, 6.45) is 0. The quantitative estimate of drug-likeness (QED) is 0.530. The van der Waals surface area contributed by atoms with Crippen LogP contribution in [-0.4, -0.2) is 19.2 Å². The van der Waals surface area contributed by atoms with Gasteiger partial charge in [-0.05, 0) is 33.5 Å². The van der Waals surface area contributed by atoms with Crippen molar-refractivity contribution in [1.29, 1.82) is 0 Å². The van der Waals surface area contributed by atoms with E-state index in [2.05, 4.69) is 49.4 Å². The molecule has 1 nitrogen and oxygen atoms in total. The van der Waals surface area contributed by atoms with Crippen LogP contribution in [0.3, 0.4) is 0 Å². The van der Waals surface area contributed by atoms with Crippen LogP contribution in [0.25, 0.3) is 0 Å². The number of alkyl halides is 1. The van der Waals surface area contributed by atoms with Crippen molar-refractivity contribution in [2.75, 3.05) is 6.61 Å². The highest BCUT2D eigenvalue weighted by molar-refractivity contribution is 9.10. The molecular weight excluding hydrogens is 208 g/mol. The van der Waals surface area contributed by atoms with E-state index in [1.54, 1.807) is 0 Å². The van der Waals surface area contributed by atoms with E-state index in [0.29, 0.717) is 0 Å². The van der Waals surface area contributed by atoms with Gasteiger partial charge in [-0.25, -0.2) is 0 Å². The molecule has 0 fully saturated rings. The minimum Gasteiger partial charge on any atom is -0.416 e. The Morgan fingerprint density at radius 1 is 1.30 bits per heavy atom. The van der Waals surface area contributed by atoms with Gasteiger partial charge in [0.25, 0.3) is 0 Å². The molecule has 0 aliphatic carbocycles. The lowest BCUT2D eigenvalue weighted by molar-refractivity contribution is 0.284. The lowest BCUT2D eigenvalue weighted by Crippen LogP contribution is -2.31. The molecule has 0 aliphatic heterocycles. The average molecular weight is 225 g/mol. The predicted octanol–water partition coefficient (Wildman–Crippen LogP) is 3.01. The van der Waals surface area contributed by atoms with Crippen LogP contribution >= 0.6 is 15.9 Å². The maximum absolute atomic E-state index is 5.69. The van der Waals surface area contributed by atoms with E-state index in [0.717, 1.165) is 6.61 Å². The van der Waals surface area contributed by atoms with Gasteiger partial charge in [-0.1, -0.05) is 15.9 Å². The van der Waals surface area contributed by atoms with Gasteiger partial charge in [0.15, 0.2) is 8.32 Å². The van der Waals surface area contributed by atoms with Crippen LogP contribution < -0.4 is 0 Å². The molecule has 0 aromatic carbocycles. The molecule has 0 rings (SSSR count). The Labute approximate surface area is 73.4 Å². The minimum atomic E-state index is -1.30. The van der Waals surface area contributed by atoms with Gasteiger partial charge in [0.2, 0.25) is 0 Å². The van der Waals surface area contributed by atoms with Crippen molar-refractivity contribution in [3.05, 3.63) is 0 Å². The summed E-state index contributed by atoms with van der Waals surface area (Å²) in [5.74, 6) is 0. The van der Waals surface area contributed by atoms with Gasteiger partial charge in [0, 0.05) is 10.9 Å². The van der Waals surface area contributed by atoms with Gasteiger partial charge in [-0.2, -0.15) is 0 Å². The Hall–Kier alpha value is 0.657. The molecule has 3 heteroatoms. The summed E-state index contributed by atoms with van der Waals surface area (Å²) in [7, 11) is -1.30. The minimum absolute atomic E-state index is 0.132. The summed E-state index contributed by atoms with van der Waals surface area (Å²) in [5.41, 5.74) is 0. The molecule has 0 aromatic heterocycles. The fraction of sp³-hybridized carbons (Fsp3) is 1.00. The Kier molecular flexibility index (Phi) is 3.59. The van der Waals surface area contributed by atoms with Crippen LogP contribution in [0.4, 0.5) is 0 Å². The Morgan fingerprint density at radius 2 is 1.70 bits per heavy atom.